The molecule has 6 heteroatoms. The van der Waals surface area contributed by atoms with E-state index in [1.807, 2.05) is 6.92 Å². The van der Waals surface area contributed by atoms with Crippen molar-refractivity contribution in [2.75, 3.05) is 12.9 Å². The van der Waals surface area contributed by atoms with E-state index in [9.17, 15) is 0 Å². The third-order valence-electron chi connectivity index (χ3n) is 2.07. The Bertz CT molecular complexity index is 516. The molecule has 0 atom stereocenters. The van der Waals surface area contributed by atoms with Crippen molar-refractivity contribution in [1.29, 1.82) is 0 Å². The van der Waals surface area contributed by atoms with E-state index in [4.69, 9.17) is 20.8 Å². The predicted octanol–water partition coefficient (Wildman–Crippen LogP) is 3.51. The summed E-state index contributed by atoms with van der Waals surface area (Å²) in [6, 6.07) is 5.27. The molecule has 0 amide bonds. The van der Waals surface area contributed by atoms with Gasteiger partial charge in [-0.2, -0.15) is 0 Å². The third kappa shape index (κ3) is 2.73. The molecule has 0 spiro atoms. The Balaban J connectivity index is 2.40. The van der Waals surface area contributed by atoms with Gasteiger partial charge in [-0.15, -0.1) is 10.2 Å². The van der Waals surface area contributed by atoms with Crippen molar-refractivity contribution in [2.24, 2.45) is 0 Å². The third-order valence-corrected chi connectivity index (χ3v) is 3.00. The summed E-state index contributed by atoms with van der Waals surface area (Å²) in [5.41, 5.74) is 0.704. The maximum atomic E-state index is 5.94. The van der Waals surface area contributed by atoms with Gasteiger partial charge >= 0.3 is 0 Å². The zero-order chi connectivity index (χ0) is 12.3. The maximum absolute atomic E-state index is 5.94. The number of hydrogen-bond donors (Lipinski definition) is 0. The van der Waals surface area contributed by atoms with Gasteiger partial charge in [-0.3, -0.25) is 0 Å². The summed E-state index contributed by atoms with van der Waals surface area (Å²) < 4.78 is 10.7. The van der Waals surface area contributed by atoms with Gasteiger partial charge in [0.05, 0.1) is 12.7 Å². The first-order chi connectivity index (χ1) is 8.24. The minimum atomic E-state index is 0.417. The number of aromatic nitrogens is 2. The highest BCUT2D eigenvalue weighted by Gasteiger charge is 2.13. The molecule has 0 aliphatic carbocycles. The summed E-state index contributed by atoms with van der Waals surface area (Å²) >= 11 is 7.44. The Morgan fingerprint density at radius 2 is 2.24 bits per heavy atom. The van der Waals surface area contributed by atoms with Crippen molar-refractivity contribution in [3.05, 3.63) is 23.2 Å². The Labute approximate surface area is 108 Å². The lowest BCUT2D eigenvalue weighted by atomic mass is 10.2. The maximum Gasteiger partial charge on any atom is 0.276 e. The van der Waals surface area contributed by atoms with Crippen LogP contribution in [-0.4, -0.2) is 23.1 Å². The van der Waals surface area contributed by atoms with Crippen molar-refractivity contribution < 1.29 is 9.15 Å². The normalized spacial score (nSPS) is 10.5. The molecule has 4 nitrogen and oxygen atoms in total. The van der Waals surface area contributed by atoms with Crippen molar-refractivity contribution in [2.45, 2.75) is 12.1 Å². The van der Waals surface area contributed by atoms with Gasteiger partial charge in [0.1, 0.15) is 5.75 Å². The Hall–Kier alpha value is -1.20. The zero-order valence-corrected chi connectivity index (χ0v) is 11.0. The lowest BCUT2D eigenvalue weighted by molar-refractivity contribution is 0.411. The Morgan fingerprint density at radius 1 is 1.41 bits per heavy atom. The zero-order valence-electron chi connectivity index (χ0n) is 9.44. The number of nitrogens with zero attached hydrogens (tertiary/aromatic N) is 2. The molecule has 0 fully saturated rings. The summed E-state index contributed by atoms with van der Waals surface area (Å²) in [4.78, 5) is 0. The van der Waals surface area contributed by atoms with Gasteiger partial charge in [-0.05, 0) is 24.0 Å². The predicted molar refractivity (Wildman–Crippen MR) is 67.7 cm³/mol. The summed E-state index contributed by atoms with van der Waals surface area (Å²) in [5, 5.41) is 9.06. The second kappa shape index (κ2) is 5.42. The van der Waals surface area contributed by atoms with E-state index in [0.29, 0.717) is 27.4 Å². The number of halogens is 1. The Kier molecular flexibility index (Phi) is 3.91. The SMILES string of the molecule is CCSc1nnc(-c2cc(Cl)ccc2OC)o1. The Morgan fingerprint density at radius 3 is 2.94 bits per heavy atom. The monoisotopic (exact) mass is 270 g/mol. The van der Waals surface area contributed by atoms with Crippen LogP contribution in [0.5, 0.6) is 5.75 Å². The molecule has 2 aromatic rings. The van der Waals surface area contributed by atoms with Crippen LogP contribution in [0.3, 0.4) is 0 Å². The molecule has 0 aliphatic rings. The first-order valence-corrected chi connectivity index (χ1v) is 6.41. The fourth-order valence-corrected chi connectivity index (χ4v) is 2.00. The highest BCUT2D eigenvalue weighted by molar-refractivity contribution is 7.99. The molecule has 0 radical (unpaired) electrons. The highest BCUT2D eigenvalue weighted by atomic mass is 35.5. The fraction of sp³-hybridized carbons (Fsp3) is 0.273. The molecule has 0 aliphatic heterocycles. The summed E-state index contributed by atoms with van der Waals surface area (Å²) in [6.45, 7) is 2.02. The molecule has 0 N–H and O–H groups in total. The first kappa shape index (κ1) is 12.3. The van der Waals surface area contributed by atoms with Crippen LogP contribution >= 0.6 is 23.4 Å². The molecule has 0 unspecified atom stereocenters. The summed E-state index contributed by atoms with van der Waals surface area (Å²) in [5.74, 6) is 1.96. The fourth-order valence-electron chi connectivity index (χ4n) is 1.35. The second-order valence-electron chi connectivity index (χ2n) is 3.15. The van der Waals surface area contributed by atoms with Gasteiger partial charge < -0.3 is 9.15 Å². The van der Waals surface area contributed by atoms with Crippen LogP contribution in [-0.2, 0) is 0 Å². The molecule has 1 heterocycles. The molecular formula is C11H11ClN2O2S. The van der Waals surface area contributed by atoms with Gasteiger partial charge in [-0.1, -0.05) is 30.3 Å². The number of thioether (sulfide) groups is 1. The highest BCUT2D eigenvalue weighted by Crippen LogP contribution is 2.32. The van der Waals surface area contributed by atoms with E-state index in [-0.39, 0.29) is 0 Å². The number of ether oxygens (including phenoxy) is 1. The van der Waals surface area contributed by atoms with Crippen LogP contribution in [0.1, 0.15) is 6.92 Å². The van der Waals surface area contributed by atoms with Crippen LogP contribution < -0.4 is 4.74 Å². The molecule has 90 valence electrons. The molecule has 0 bridgehead atoms. The van der Waals surface area contributed by atoms with Gasteiger partial charge in [0.25, 0.3) is 11.1 Å². The topological polar surface area (TPSA) is 48.2 Å². The van der Waals surface area contributed by atoms with Gasteiger partial charge in [0.2, 0.25) is 0 Å². The van der Waals surface area contributed by atoms with Crippen LogP contribution in [0.25, 0.3) is 11.5 Å². The largest absolute Gasteiger partial charge is 0.496 e. The second-order valence-corrected chi connectivity index (χ2v) is 4.80. The summed E-state index contributed by atoms with van der Waals surface area (Å²) in [6.07, 6.45) is 0. The van der Waals surface area contributed by atoms with Gasteiger partial charge in [0, 0.05) is 5.02 Å². The van der Waals surface area contributed by atoms with E-state index >= 15 is 0 Å². The van der Waals surface area contributed by atoms with E-state index in [0.717, 1.165) is 5.75 Å². The van der Waals surface area contributed by atoms with E-state index < -0.39 is 0 Å². The summed E-state index contributed by atoms with van der Waals surface area (Å²) in [7, 11) is 1.59. The van der Waals surface area contributed by atoms with Crippen LogP contribution in [0.4, 0.5) is 0 Å². The minimum Gasteiger partial charge on any atom is -0.496 e. The van der Waals surface area contributed by atoms with E-state index in [1.54, 1.807) is 25.3 Å². The van der Waals surface area contributed by atoms with Crippen LogP contribution in [0, 0.1) is 0 Å². The lowest BCUT2D eigenvalue weighted by Gasteiger charge is -2.04. The number of methoxy groups -OCH3 is 1. The van der Waals surface area contributed by atoms with Crippen LogP contribution in [0.15, 0.2) is 27.8 Å². The molecule has 17 heavy (non-hydrogen) atoms. The molecule has 1 aromatic carbocycles. The van der Waals surface area contributed by atoms with Crippen LogP contribution in [0.2, 0.25) is 5.02 Å². The molecule has 1 aromatic heterocycles. The van der Waals surface area contributed by atoms with Crippen molar-refractivity contribution in [1.82, 2.24) is 10.2 Å². The van der Waals surface area contributed by atoms with E-state index in [1.165, 1.54) is 11.8 Å². The molecular weight excluding hydrogens is 260 g/mol. The van der Waals surface area contributed by atoms with Gasteiger partial charge in [-0.25, -0.2) is 0 Å². The van der Waals surface area contributed by atoms with Crippen molar-refractivity contribution in [3.63, 3.8) is 0 Å². The first-order valence-electron chi connectivity index (χ1n) is 5.04. The van der Waals surface area contributed by atoms with Gasteiger partial charge in [0.15, 0.2) is 0 Å². The standard InChI is InChI=1S/C11H11ClN2O2S/c1-3-17-11-14-13-10(16-11)8-6-7(12)4-5-9(8)15-2/h4-6H,3H2,1-2H3. The quantitative estimate of drug-likeness (QED) is 0.796. The number of rotatable bonds is 4. The molecule has 0 saturated carbocycles. The average Bonchev–Trinajstić information content (AvgIpc) is 2.78. The minimum absolute atomic E-state index is 0.417. The van der Waals surface area contributed by atoms with E-state index in [2.05, 4.69) is 10.2 Å². The number of hydrogen-bond acceptors (Lipinski definition) is 5. The molecule has 2 rings (SSSR count). The average molecular weight is 271 g/mol. The molecule has 0 saturated heterocycles. The number of benzene rings is 1. The smallest absolute Gasteiger partial charge is 0.276 e. The van der Waals surface area contributed by atoms with Crippen molar-refractivity contribution in [3.8, 4) is 17.2 Å². The lowest BCUT2D eigenvalue weighted by Crippen LogP contribution is -1.87. The van der Waals surface area contributed by atoms with Crippen molar-refractivity contribution >= 4 is 23.4 Å².